The van der Waals surface area contributed by atoms with Gasteiger partial charge in [0.05, 0.1) is 21.6 Å². The Labute approximate surface area is 196 Å². The molecular weight excluding hydrogens is 446 g/mol. The summed E-state index contributed by atoms with van der Waals surface area (Å²) in [5, 5.41) is 3.51. The number of halogens is 1. The number of piperidine rings is 1. The predicted octanol–water partition coefficient (Wildman–Crippen LogP) is 4.28. The van der Waals surface area contributed by atoms with Crippen LogP contribution in [0.25, 0.3) is 0 Å². The normalized spacial score (nSPS) is 18.3. The molecule has 0 saturated carbocycles. The summed E-state index contributed by atoms with van der Waals surface area (Å²) in [6.45, 7) is 9.51. The smallest absolute Gasteiger partial charge is 0.241 e. The summed E-state index contributed by atoms with van der Waals surface area (Å²) >= 11 is 6.34. The highest BCUT2D eigenvalue weighted by atomic mass is 35.5. The fourth-order valence-corrected chi connectivity index (χ4v) is 5.60. The van der Waals surface area contributed by atoms with Crippen LogP contribution in [0.3, 0.4) is 0 Å². The zero-order valence-electron chi connectivity index (χ0n) is 19.1. The van der Waals surface area contributed by atoms with Gasteiger partial charge in [-0.05, 0) is 82.3 Å². The summed E-state index contributed by atoms with van der Waals surface area (Å²) in [5.74, 6) is 0.0312. The minimum Gasteiger partial charge on any atom is -0.323 e. The molecule has 32 heavy (non-hydrogen) atoms. The van der Waals surface area contributed by atoms with E-state index in [-0.39, 0.29) is 22.8 Å². The Morgan fingerprint density at radius 3 is 2.50 bits per heavy atom. The number of rotatable bonds is 7. The molecule has 2 unspecified atom stereocenters. The number of hydrogen-bond donors (Lipinski definition) is 2. The van der Waals surface area contributed by atoms with E-state index in [4.69, 9.17) is 11.6 Å². The molecule has 6 nitrogen and oxygen atoms in total. The lowest BCUT2D eigenvalue weighted by Crippen LogP contribution is -2.49. The number of amides is 1. The van der Waals surface area contributed by atoms with Crippen molar-refractivity contribution < 1.29 is 13.2 Å². The molecule has 2 N–H and O–H groups in total. The second kappa shape index (κ2) is 10.3. The van der Waals surface area contributed by atoms with E-state index in [0.717, 1.165) is 36.1 Å². The van der Waals surface area contributed by atoms with Crippen LogP contribution in [-0.2, 0) is 14.8 Å². The molecule has 8 heteroatoms. The number of likely N-dealkylation sites (tertiary alicyclic amines) is 1. The van der Waals surface area contributed by atoms with Crippen LogP contribution in [-0.4, -0.2) is 44.9 Å². The second-order valence-corrected chi connectivity index (χ2v) is 10.9. The maximum atomic E-state index is 12.9. The second-order valence-electron chi connectivity index (χ2n) is 8.77. The number of nitrogens with zero attached hydrogens (tertiary/aromatic N) is 1. The molecule has 0 aliphatic carbocycles. The van der Waals surface area contributed by atoms with Crippen molar-refractivity contribution in [3.8, 4) is 0 Å². The minimum absolute atomic E-state index is 0.111. The lowest BCUT2D eigenvalue weighted by Gasteiger charge is -2.36. The molecule has 1 fully saturated rings. The van der Waals surface area contributed by atoms with Crippen LogP contribution in [0.4, 0.5) is 5.69 Å². The van der Waals surface area contributed by atoms with Crippen LogP contribution >= 0.6 is 11.6 Å². The molecule has 1 aliphatic rings. The van der Waals surface area contributed by atoms with E-state index in [1.807, 2.05) is 39.8 Å². The van der Waals surface area contributed by atoms with Crippen molar-refractivity contribution in [2.45, 2.75) is 51.5 Å². The van der Waals surface area contributed by atoms with Gasteiger partial charge in [-0.2, -0.15) is 0 Å². The van der Waals surface area contributed by atoms with E-state index < -0.39 is 10.0 Å². The van der Waals surface area contributed by atoms with E-state index in [2.05, 4.69) is 14.9 Å². The third kappa shape index (κ3) is 6.10. The largest absolute Gasteiger partial charge is 0.323 e. The van der Waals surface area contributed by atoms with Gasteiger partial charge in [-0.3, -0.25) is 9.69 Å². The number of carbonyl (C=O) groups is 1. The van der Waals surface area contributed by atoms with Crippen molar-refractivity contribution in [3.63, 3.8) is 0 Å². The summed E-state index contributed by atoms with van der Waals surface area (Å²) in [6.07, 6.45) is 1.84. The third-order valence-corrected chi connectivity index (χ3v) is 7.79. The minimum atomic E-state index is -3.55. The molecule has 2 aromatic carbocycles. The topological polar surface area (TPSA) is 78.5 Å². The Hall–Kier alpha value is -1.93. The number of nitrogens with one attached hydrogen (secondary N) is 2. The summed E-state index contributed by atoms with van der Waals surface area (Å²) < 4.78 is 27.9. The SMILES string of the molecule is Cc1ccc(S(=O)(=O)NCC2CCCN(C(C)C(=O)Nc3c(C)cc(C)cc3Cl)C2)cc1. The monoisotopic (exact) mass is 477 g/mol. The molecule has 0 aromatic heterocycles. The highest BCUT2D eigenvalue weighted by Gasteiger charge is 2.29. The summed E-state index contributed by atoms with van der Waals surface area (Å²) in [7, 11) is -3.55. The maximum absolute atomic E-state index is 12.9. The van der Waals surface area contributed by atoms with Gasteiger partial charge < -0.3 is 5.32 Å². The van der Waals surface area contributed by atoms with Crippen molar-refractivity contribution >= 4 is 33.2 Å². The number of carbonyl (C=O) groups excluding carboxylic acids is 1. The average Bonchev–Trinajstić information content (AvgIpc) is 2.74. The molecule has 0 radical (unpaired) electrons. The van der Waals surface area contributed by atoms with Crippen LogP contribution in [0.15, 0.2) is 41.3 Å². The molecule has 1 heterocycles. The van der Waals surface area contributed by atoms with Crippen LogP contribution < -0.4 is 10.0 Å². The molecular formula is C24H32ClN3O3S. The van der Waals surface area contributed by atoms with Crippen LogP contribution in [0.1, 0.15) is 36.5 Å². The van der Waals surface area contributed by atoms with Gasteiger partial charge in [0.1, 0.15) is 0 Å². The van der Waals surface area contributed by atoms with E-state index in [1.54, 1.807) is 24.3 Å². The van der Waals surface area contributed by atoms with Gasteiger partial charge in [0.25, 0.3) is 0 Å². The quantitative estimate of drug-likeness (QED) is 0.623. The molecule has 0 bridgehead atoms. The van der Waals surface area contributed by atoms with E-state index >= 15 is 0 Å². The van der Waals surface area contributed by atoms with Crippen molar-refractivity contribution in [1.29, 1.82) is 0 Å². The van der Waals surface area contributed by atoms with Gasteiger partial charge in [-0.25, -0.2) is 13.1 Å². The zero-order chi connectivity index (χ0) is 23.5. The average molecular weight is 478 g/mol. The van der Waals surface area contributed by atoms with E-state index in [0.29, 0.717) is 23.8 Å². The van der Waals surface area contributed by atoms with Crippen molar-refractivity contribution in [1.82, 2.24) is 9.62 Å². The standard InChI is InChI=1S/C24H32ClN3O3S/c1-16-7-9-21(10-8-16)32(30,31)26-14-20-6-5-11-28(15-20)19(4)24(29)27-23-18(3)12-17(2)13-22(23)25/h7-10,12-13,19-20,26H,5-6,11,14-15H2,1-4H3,(H,27,29). The van der Waals surface area contributed by atoms with E-state index in [9.17, 15) is 13.2 Å². The van der Waals surface area contributed by atoms with Gasteiger partial charge in [-0.1, -0.05) is 35.4 Å². The first kappa shape index (κ1) is 24.7. The van der Waals surface area contributed by atoms with Crippen LogP contribution in [0.5, 0.6) is 0 Å². The van der Waals surface area contributed by atoms with Crippen molar-refractivity contribution in [3.05, 3.63) is 58.1 Å². The summed E-state index contributed by atoms with van der Waals surface area (Å²) in [4.78, 5) is 15.3. The maximum Gasteiger partial charge on any atom is 0.241 e. The fourth-order valence-electron chi connectivity index (χ4n) is 4.11. The number of benzene rings is 2. The van der Waals surface area contributed by atoms with Crippen LogP contribution in [0.2, 0.25) is 5.02 Å². The Kier molecular flexibility index (Phi) is 7.98. The van der Waals surface area contributed by atoms with Crippen molar-refractivity contribution in [2.24, 2.45) is 5.92 Å². The lowest BCUT2D eigenvalue weighted by molar-refractivity contribution is -0.121. The van der Waals surface area contributed by atoms with Gasteiger partial charge in [0, 0.05) is 13.1 Å². The Bertz CT molecular complexity index is 1050. The first-order valence-electron chi connectivity index (χ1n) is 10.9. The van der Waals surface area contributed by atoms with Crippen LogP contribution in [0, 0.1) is 26.7 Å². The Morgan fingerprint density at radius 2 is 1.84 bits per heavy atom. The summed E-state index contributed by atoms with van der Waals surface area (Å²) in [5.41, 5.74) is 3.64. The highest BCUT2D eigenvalue weighted by Crippen LogP contribution is 2.28. The first-order chi connectivity index (χ1) is 15.1. The Morgan fingerprint density at radius 1 is 1.16 bits per heavy atom. The number of aryl methyl sites for hydroxylation is 3. The molecule has 1 saturated heterocycles. The number of hydrogen-bond acceptors (Lipinski definition) is 4. The first-order valence-corrected chi connectivity index (χ1v) is 12.8. The Balaban J connectivity index is 1.59. The molecule has 2 aromatic rings. The zero-order valence-corrected chi connectivity index (χ0v) is 20.7. The van der Waals surface area contributed by atoms with Gasteiger partial charge in [-0.15, -0.1) is 0 Å². The highest BCUT2D eigenvalue weighted by molar-refractivity contribution is 7.89. The molecule has 0 spiro atoms. The van der Waals surface area contributed by atoms with Crippen molar-refractivity contribution in [2.75, 3.05) is 25.0 Å². The third-order valence-electron chi connectivity index (χ3n) is 6.05. The molecule has 1 amide bonds. The van der Waals surface area contributed by atoms with Gasteiger partial charge in [0.15, 0.2) is 0 Å². The van der Waals surface area contributed by atoms with Gasteiger partial charge >= 0.3 is 0 Å². The fraction of sp³-hybridized carbons (Fsp3) is 0.458. The molecule has 174 valence electrons. The number of anilines is 1. The van der Waals surface area contributed by atoms with Gasteiger partial charge in [0.2, 0.25) is 15.9 Å². The number of sulfonamides is 1. The van der Waals surface area contributed by atoms with E-state index in [1.165, 1.54) is 0 Å². The predicted molar refractivity (Wildman–Crippen MR) is 130 cm³/mol. The summed E-state index contributed by atoms with van der Waals surface area (Å²) in [6, 6.07) is 10.3. The lowest BCUT2D eigenvalue weighted by atomic mass is 9.97. The molecule has 2 atom stereocenters. The molecule has 1 aliphatic heterocycles. The molecule has 3 rings (SSSR count).